The van der Waals surface area contributed by atoms with Crippen molar-refractivity contribution in [3.05, 3.63) is 65.7 Å². The lowest BCUT2D eigenvalue weighted by atomic mass is 9.76. The molecule has 0 saturated carbocycles. The highest BCUT2D eigenvalue weighted by Crippen LogP contribution is 2.38. The number of ether oxygens (including phenoxy) is 2. The van der Waals surface area contributed by atoms with Crippen molar-refractivity contribution in [3.63, 3.8) is 0 Å². The first-order valence-corrected chi connectivity index (χ1v) is 7.61. The Balaban J connectivity index is 2.52. The molecule has 0 radical (unpaired) electrons. The minimum Gasteiger partial charge on any atom is -0.449 e. The van der Waals surface area contributed by atoms with Gasteiger partial charge in [-0.15, -0.1) is 0 Å². The third-order valence-electron chi connectivity index (χ3n) is 3.80. The van der Waals surface area contributed by atoms with E-state index in [9.17, 15) is 4.79 Å². The Labute approximate surface area is 136 Å². The maximum Gasteiger partial charge on any atom is 0.511 e. The van der Waals surface area contributed by atoms with Gasteiger partial charge in [-0.2, -0.15) is 0 Å². The van der Waals surface area contributed by atoms with Gasteiger partial charge in [-0.05, 0) is 32.4 Å². The number of carboxylic acid groups (broad SMARTS) is 1. The quantitative estimate of drug-likeness (QED) is 0.631. The molecule has 2 aromatic rings. The zero-order valence-electron chi connectivity index (χ0n) is 13.7. The molecule has 2 rings (SSSR count). The standard InChI is InChI=1S/C19H22O4/c1-14(2)22-13-19(3,15-9-5-4-6-10-15)16-11-7-8-12-17(16)23-18(20)21/h4-12,14H,13H2,1-3H3,(H,20,21). The van der Waals surface area contributed by atoms with Gasteiger partial charge in [0.25, 0.3) is 0 Å². The Bertz CT molecular complexity index is 651. The highest BCUT2D eigenvalue weighted by molar-refractivity contribution is 5.63. The fraction of sp³-hybridized carbons (Fsp3) is 0.316. The fourth-order valence-electron chi connectivity index (χ4n) is 2.56. The predicted octanol–water partition coefficient (Wildman–Crippen LogP) is 4.47. The van der Waals surface area contributed by atoms with Gasteiger partial charge in [-0.3, -0.25) is 0 Å². The first-order chi connectivity index (χ1) is 10.9. The van der Waals surface area contributed by atoms with Crippen molar-refractivity contribution in [3.8, 4) is 5.75 Å². The molecule has 2 aromatic carbocycles. The summed E-state index contributed by atoms with van der Waals surface area (Å²) in [5, 5.41) is 8.99. The summed E-state index contributed by atoms with van der Waals surface area (Å²) in [6.45, 7) is 6.42. The van der Waals surface area contributed by atoms with Gasteiger partial charge in [0.05, 0.1) is 12.7 Å². The zero-order chi connectivity index (χ0) is 16.9. The summed E-state index contributed by atoms with van der Waals surface area (Å²) < 4.78 is 10.9. The van der Waals surface area contributed by atoms with Crippen LogP contribution in [0.25, 0.3) is 0 Å². The molecule has 1 atom stereocenters. The predicted molar refractivity (Wildman–Crippen MR) is 89.1 cm³/mol. The van der Waals surface area contributed by atoms with E-state index in [1.807, 2.05) is 63.2 Å². The van der Waals surface area contributed by atoms with E-state index in [-0.39, 0.29) is 6.10 Å². The molecule has 0 aliphatic carbocycles. The van der Waals surface area contributed by atoms with E-state index >= 15 is 0 Å². The van der Waals surface area contributed by atoms with E-state index in [1.54, 1.807) is 12.1 Å². The van der Waals surface area contributed by atoms with Gasteiger partial charge < -0.3 is 14.6 Å². The van der Waals surface area contributed by atoms with Crippen LogP contribution < -0.4 is 4.74 Å². The van der Waals surface area contributed by atoms with Gasteiger partial charge in [-0.1, -0.05) is 48.5 Å². The third kappa shape index (κ3) is 4.11. The number of carbonyl (C=O) groups is 1. The van der Waals surface area contributed by atoms with Crippen LogP contribution in [0.15, 0.2) is 54.6 Å². The first-order valence-electron chi connectivity index (χ1n) is 7.61. The molecule has 0 aliphatic heterocycles. The molecule has 0 heterocycles. The first kappa shape index (κ1) is 17.0. The molecule has 4 heteroatoms. The van der Waals surface area contributed by atoms with Crippen LogP contribution in [0.1, 0.15) is 31.9 Å². The van der Waals surface area contributed by atoms with E-state index in [4.69, 9.17) is 14.6 Å². The van der Waals surface area contributed by atoms with Gasteiger partial charge in [0.15, 0.2) is 0 Å². The van der Waals surface area contributed by atoms with Crippen LogP contribution in [0.5, 0.6) is 5.75 Å². The van der Waals surface area contributed by atoms with Crippen molar-refractivity contribution in [2.75, 3.05) is 6.61 Å². The number of benzene rings is 2. The van der Waals surface area contributed by atoms with Crippen LogP contribution in [0, 0.1) is 0 Å². The number of para-hydroxylation sites is 1. The van der Waals surface area contributed by atoms with Crippen molar-refractivity contribution >= 4 is 6.16 Å². The second-order valence-electron chi connectivity index (χ2n) is 5.92. The monoisotopic (exact) mass is 314 g/mol. The molecule has 0 bridgehead atoms. The van der Waals surface area contributed by atoms with Gasteiger partial charge >= 0.3 is 6.16 Å². The largest absolute Gasteiger partial charge is 0.511 e. The molecule has 4 nitrogen and oxygen atoms in total. The minimum atomic E-state index is -1.32. The van der Waals surface area contributed by atoms with Gasteiger partial charge in [0, 0.05) is 11.0 Å². The number of hydrogen-bond donors (Lipinski definition) is 1. The van der Waals surface area contributed by atoms with E-state index in [0.29, 0.717) is 12.4 Å². The lowest BCUT2D eigenvalue weighted by Gasteiger charge is -2.32. The average molecular weight is 314 g/mol. The van der Waals surface area contributed by atoms with Gasteiger partial charge in [0.1, 0.15) is 5.75 Å². The van der Waals surface area contributed by atoms with Crippen LogP contribution >= 0.6 is 0 Å². The molecule has 0 amide bonds. The maximum absolute atomic E-state index is 11.0. The molecule has 1 N–H and O–H groups in total. The summed E-state index contributed by atoms with van der Waals surface area (Å²) in [4.78, 5) is 11.0. The van der Waals surface area contributed by atoms with Gasteiger partial charge in [-0.25, -0.2) is 4.79 Å². The fourth-order valence-corrected chi connectivity index (χ4v) is 2.56. The minimum absolute atomic E-state index is 0.0746. The third-order valence-corrected chi connectivity index (χ3v) is 3.80. The summed E-state index contributed by atoms with van der Waals surface area (Å²) in [5.74, 6) is 0.332. The summed E-state index contributed by atoms with van der Waals surface area (Å²) >= 11 is 0. The molecular formula is C19H22O4. The molecule has 0 aliphatic rings. The molecular weight excluding hydrogens is 292 g/mol. The second kappa shape index (κ2) is 7.29. The van der Waals surface area contributed by atoms with Crippen molar-refractivity contribution in [2.24, 2.45) is 0 Å². The SMILES string of the molecule is CC(C)OCC(C)(c1ccccc1)c1ccccc1OC(=O)O. The van der Waals surface area contributed by atoms with Crippen LogP contribution in [0.4, 0.5) is 4.79 Å². The van der Waals surface area contributed by atoms with Crippen molar-refractivity contribution in [1.29, 1.82) is 0 Å². The van der Waals surface area contributed by atoms with Crippen molar-refractivity contribution < 1.29 is 19.4 Å². The summed E-state index contributed by atoms with van der Waals surface area (Å²) in [7, 11) is 0. The van der Waals surface area contributed by atoms with E-state index in [1.165, 1.54) is 0 Å². The number of hydrogen-bond acceptors (Lipinski definition) is 3. The highest BCUT2D eigenvalue weighted by atomic mass is 16.7. The topological polar surface area (TPSA) is 55.8 Å². The van der Waals surface area contributed by atoms with E-state index < -0.39 is 11.6 Å². The molecule has 1 unspecified atom stereocenters. The summed E-state index contributed by atoms with van der Waals surface area (Å²) in [5.41, 5.74) is 1.31. The van der Waals surface area contributed by atoms with Crippen molar-refractivity contribution in [2.45, 2.75) is 32.3 Å². The molecule has 0 fully saturated rings. The Morgan fingerprint density at radius 2 is 1.70 bits per heavy atom. The van der Waals surface area contributed by atoms with E-state index in [0.717, 1.165) is 11.1 Å². The van der Waals surface area contributed by atoms with Crippen LogP contribution in [-0.4, -0.2) is 24.0 Å². The summed E-state index contributed by atoms with van der Waals surface area (Å²) in [6, 6.07) is 17.1. The Hall–Kier alpha value is -2.33. The summed E-state index contributed by atoms with van der Waals surface area (Å²) in [6.07, 6.45) is -1.25. The molecule has 23 heavy (non-hydrogen) atoms. The van der Waals surface area contributed by atoms with Crippen LogP contribution in [0.3, 0.4) is 0 Å². The normalized spacial score (nSPS) is 13.6. The smallest absolute Gasteiger partial charge is 0.449 e. The second-order valence-corrected chi connectivity index (χ2v) is 5.92. The lowest BCUT2D eigenvalue weighted by Crippen LogP contribution is -2.32. The molecule has 122 valence electrons. The highest BCUT2D eigenvalue weighted by Gasteiger charge is 2.33. The average Bonchev–Trinajstić information content (AvgIpc) is 2.53. The molecule has 0 aromatic heterocycles. The Morgan fingerprint density at radius 3 is 2.30 bits per heavy atom. The molecule has 0 saturated heterocycles. The van der Waals surface area contributed by atoms with Crippen LogP contribution in [0.2, 0.25) is 0 Å². The zero-order valence-corrected chi connectivity index (χ0v) is 13.7. The van der Waals surface area contributed by atoms with Gasteiger partial charge in [0.2, 0.25) is 0 Å². The number of rotatable bonds is 6. The molecule has 0 spiro atoms. The Morgan fingerprint density at radius 1 is 1.09 bits per heavy atom. The van der Waals surface area contributed by atoms with Crippen LogP contribution in [-0.2, 0) is 10.2 Å². The lowest BCUT2D eigenvalue weighted by molar-refractivity contribution is 0.0518. The van der Waals surface area contributed by atoms with E-state index in [2.05, 4.69) is 0 Å². The maximum atomic E-state index is 11.0. The Kier molecular flexibility index (Phi) is 5.40. The van der Waals surface area contributed by atoms with Crippen molar-refractivity contribution in [1.82, 2.24) is 0 Å².